The highest BCUT2D eigenvalue weighted by Crippen LogP contribution is 2.35. The first kappa shape index (κ1) is 20.7. The van der Waals surface area contributed by atoms with Crippen LogP contribution in [0.2, 0.25) is 0 Å². The van der Waals surface area contributed by atoms with Crippen LogP contribution >= 0.6 is 11.8 Å². The topological polar surface area (TPSA) is 78.8 Å². The number of para-hydroxylation sites is 1. The lowest BCUT2D eigenvalue weighted by molar-refractivity contribution is 0.102. The molecule has 0 bridgehead atoms. The Morgan fingerprint density at radius 3 is 2.87 bits per heavy atom. The molecule has 1 amide bonds. The number of nitrogens with one attached hydrogen (secondary N) is 1. The van der Waals surface area contributed by atoms with E-state index in [4.69, 9.17) is 0 Å². The van der Waals surface area contributed by atoms with Crippen LogP contribution in [0.3, 0.4) is 0 Å². The molecule has 0 atom stereocenters. The fraction of sp³-hybridized carbons (Fsp3) is 0.273. The summed E-state index contributed by atoms with van der Waals surface area (Å²) in [5.74, 6) is 0.968. The van der Waals surface area contributed by atoms with Gasteiger partial charge >= 0.3 is 0 Å². The van der Waals surface area contributed by atoms with Gasteiger partial charge in [0.25, 0.3) is 15.9 Å². The minimum atomic E-state index is -3.83. The summed E-state index contributed by atoms with van der Waals surface area (Å²) in [5, 5.41) is 2.90. The lowest BCUT2D eigenvalue weighted by Crippen LogP contribution is -2.35. The zero-order chi connectivity index (χ0) is 21.1. The predicted octanol–water partition coefficient (Wildman–Crippen LogP) is 4.70. The number of carbonyl (C=O) groups excluding carboxylic acids is 1. The molecule has 2 aliphatic heterocycles. The molecule has 1 saturated heterocycles. The molecule has 2 heterocycles. The Morgan fingerprint density at radius 1 is 1.20 bits per heavy atom. The number of hydrogen-bond donors (Lipinski definition) is 1. The van der Waals surface area contributed by atoms with E-state index in [-0.39, 0.29) is 16.4 Å². The number of amidine groups is 1. The Morgan fingerprint density at radius 2 is 2.03 bits per heavy atom. The average Bonchev–Trinajstić information content (AvgIpc) is 2.97. The highest BCUT2D eigenvalue weighted by atomic mass is 32.2. The highest BCUT2D eigenvalue weighted by Gasteiger charge is 2.32. The molecule has 8 heteroatoms. The molecule has 0 unspecified atom stereocenters. The van der Waals surface area contributed by atoms with Gasteiger partial charge in [0.15, 0.2) is 0 Å². The van der Waals surface area contributed by atoms with Crippen molar-refractivity contribution in [3.05, 3.63) is 60.7 Å². The van der Waals surface area contributed by atoms with Gasteiger partial charge in [-0.1, -0.05) is 24.6 Å². The molecule has 6 nitrogen and oxygen atoms in total. The molecular weight excluding hydrogens is 418 g/mol. The van der Waals surface area contributed by atoms with E-state index in [9.17, 15) is 13.2 Å². The fourth-order valence-electron chi connectivity index (χ4n) is 3.66. The first-order chi connectivity index (χ1) is 14.5. The van der Waals surface area contributed by atoms with E-state index in [2.05, 4.69) is 16.3 Å². The first-order valence-corrected chi connectivity index (χ1v) is 12.3. The van der Waals surface area contributed by atoms with E-state index >= 15 is 0 Å². The summed E-state index contributed by atoms with van der Waals surface area (Å²) in [5.41, 5.74) is 1.58. The summed E-state index contributed by atoms with van der Waals surface area (Å²) in [6.45, 7) is 4.46. The van der Waals surface area contributed by atoms with E-state index < -0.39 is 10.0 Å². The third kappa shape index (κ3) is 4.15. The zero-order valence-corrected chi connectivity index (χ0v) is 18.1. The average molecular weight is 442 g/mol. The van der Waals surface area contributed by atoms with Crippen molar-refractivity contribution in [3.8, 4) is 0 Å². The number of thioether (sulfide) groups is 1. The number of benzene rings is 2. The summed E-state index contributed by atoms with van der Waals surface area (Å²) in [7, 11) is -3.83. The minimum Gasteiger partial charge on any atom is -0.328 e. The van der Waals surface area contributed by atoms with Crippen LogP contribution in [0, 0.1) is 0 Å². The molecule has 0 spiro atoms. The van der Waals surface area contributed by atoms with Gasteiger partial charge < -0.3 is 10.2 Å². The summed E-state index contributed by atoms with van der Waals surface area (Å²) >= 11 is 1.57. The number of sulfonamides is 1. The molecule has 1 fully saturated rings. The molecule has 30 heavy (non-hydrogen) atoms. The molecule has 4 rings (SSSR count). The Balaban J connectivity index is 1.64. The Hall–Kier alpha value is -2.58. The van der Waals surface area contributed by atoms with Crippen molar-refractivity contribution in [3.63, 3.8) is 0 Å². The molecule has 2 aliphatic rings. The Bertz CT molecular complexity index is 1130. The van der Waals surface area contributed by atoms with Crippen LogP contribution in [0.25, 0.3) is 0 Å². The van der Waals surface area contributed by atoms with E-state index in [0.717, 1.165) is 36.5 Å². The van der Waals surface area contributed by atoms with Gasteiger partial charge in [0.1, 0.15) is 10.7 Å². The number of hydrogen-bond acceptors (Lipinski definition) is 5. The number of nitrogens with zero attached hydrogens (tertiary/aromatic N) is 2. The minimum absolute atomic E-state index is 0.0927. The lowest BCUT2D eigenvalue weighted by atomic mass is 10.1. The van der Waals surface area contributed by atoms with Gasteiger partial charge in [0.2, 0.25) is 0 Å². The largest absolute Gasteiger partial charge is 0.328 e. The van der Waals surface area contributed by atoms with Crippen LogP contribution in [-0.2, 0) is 10.0 Å². The van der Waals surface area contributed by atoms with Gasteiger partial charge in [-0.05, 0) is 43.2 Å². The number of carbonyl (C=O) groups is 1. The van der Waals surface area contributed by atoms with Crippen LogP contribution in [0.5, 0.6) is 0 Å². The Kier molecular flexibility index (Phi) is 5.97. The highest BCUT2D eigenvalue weighted by molar-refractivity contribution is 7.99. The van der Waals surface area contributed by atoms with Crippen LogP contribution < -0.4 is 10.2 Å². The maximum Gasteiger partial charge on any atom is 0.286 e. The number of fused-ring (bicyclic) bond motifs is 3. The van der Waals surface area contributed by atoms with Crippen LogP contribution in [0.4, 0.5) is 11.4 Å². The lowest BCUT2D eigenvalue weighted by Gasteiger charge is -2.29. The molecular formula is C22H23N3O3S2. The Labute approximate surface area is 181 Å². The molecule has 1 N–H and O–H groups in total. The maximum absolute atomic E-state index is 12.9. The quantitative estimate of drug-likeness (QED) is 0.538. The normalized spacial score (nSPS) is 17.2. The smallest absolute Gasteiger partial charge is 0.286 e. The molecule has 0 radical (unpaired) electrons. The van der Waals surface area contributed by atoms with Crippen molar-refractivity contribution >= 4 is 44.9 Å². The van der Waals surface area contributed by atoms with Gasteiger partial charge in [0, 0.05) is 29.2 Å². The maximum atomic E-state index is 12.9. The molecule has 0 saturated carbocycles. The standard InChI is InChI=1S/C22H23N3O3S2/c1-2-14-29-19-9-6-5-8-17(19)23-22(26)16-11-12-18-20(15-16)30(27,28)24-21-10-4-3-7-13-25(18)21/h2,5-6,8-9,11-12,15H,1,3-4,7,10,13-14H2,(H,23,26). The van der Waals surface area contributed by atoms with Crippen molar-refractivity contribution in [1.82, 2.24) is 0 Å². The number of anilines is 2. The summed E-state index contributed by atoms with van der Waals surface area (Å²) < 4.78 is 29.6. The van der Waals surface area contributed by atoms with Crippen molar-refractivity contribution in [1.29, 1.82) is 0 Å². The second-order valence-electron chi connectivity index (χ2n) is 7.18. The van der Waals surface area contributed by atoms with Gasteiger partial charge in [-0.15, -0.1) is 22.7 Å². The molecule has 2 aromatic rings. The zero-order valence-electron chi connectivity index (χ0n) is 16.5. The van der Waals surface area contributed by atoms with Crippen LogP contribution in [0.15, 0.2) is 69.3 Å². The SMILES string of the molecule is C=CCSc1ccccc1NC(=O)c1ccc2c(c1)S(=O)(=O)N=C1CCCCCN12. The molecule has 0 aromatic heterocycles. The number of amides is 1. The van der Waals surface area contributed by atoms with Crippen molar-refractivity contribution in [2.75, 3.05) is 22.5 Å². The van der Waals surface area contributed by atoms with E-state index in [0.29, 0.717) is 23.6 Å². The third-order valence-corrected chi connectivity index (χ3v) is 7.51. The van der Waals surface area contributed by atoms with E-state index in [1.807, 2.05) is 29.2 Å². The number of rotatable bonds is 5. The molecule has 156 valence electrons. The van der Waals surface area contributed by atoms with E-state index in [1.165, 1.54) is 6.07 Å². The van der Waals surface area contributed by atoms with Gasteiger partial charge in [0.05, 0.1) is 11.4 Å². The molecule has 2 aromatic carbocycles. The molecule has 0 aliphatic carbocycles. The summed E-state index contributed by atoms with van der Waals surface area (Å²) in [6, 6.07) is 12.3. The van der Waals surface area contributed by atoms with Gasteiger partial charge in [-0.3, -0.25) is 4.79 Å². The predicted molar refractivity (Wildman–Crippen MR) is 122 cm³/mol. The monoisotopic (exact) mass is 441 g/mol. The fourth-order valence-corrected chi connectivity index (χ4v) is 5.69. The summed E-state index contributed by atoms with van der Waals surface area (Å²) in [6.07, 6.45) is 5.42. The van der Waals surface area contributed by atoms with Gasteiger partial charge in [-0.25, -0.2) is 0 Å². The van der Waals surface area contributed by atoms with Crippen molar-refractivity contribution in [2.45, 2.75) is 35.5 Å². The first-order valence-electron chi connectivity index (χ1n) is 9.89. The van der Waals surface area contributed by atoms with Crippen LogP contribution in [-0.4, -0.2) is 32.5 Å². The second kappa shape index (κ2) is 8.65. The van der Waals surface area contributed by atoms with Gasteiger partial charge in [-0.2, -0.15) is 8.42 Å². The third-order valence-electron chi connectivity index (χ3n) is 5.10. The summed E-state index contributed by atoms with van der Waals surface area (Å²) in [4.78, 5) is 15.9. The van der Waals surface area contributed by atoms with Crippen molar-refractivity contribution in [2.24, 2.45) is 4.40 Å². The van der Waals surface area contributed by atoms with Crippen molar-refractivity contribution < 1.29 is 13.2 Å². The van der Waals surface area contributed by atoms with Crippen LogP contribution in [0.1, 0.15) is 36.0 Å². The second-order valence-corrected chi connectivity index (χ2v) is 9.81. The van der Waals surface area contributed by atoms with E-state index in [1.54, 1.807) is 30.0 Å².